The van der Waals surface area contributed by atoms with Gasteiger partial charge >= 0.3 is 5.97 Å². The van der Waals surface area contributed by atoms with Crippen molar-refractivity contribution < 1.29 is 19.0 Å². The second-order valence-corrected chi connectivity index (χ2v) is 3.28. The molecule has 0 atom stereocenters. The van der Waals surface area contributed by atoms with E-state index in [9.17, 15) is 4.79 Å². The van der Waals surface area contributed by atoms with Gasteiger partial charge in [-0.05, 0) is 38.1 Å². The third kappa shape index (κ3) is 4.59. The van der Waals surface area contributed by atoms with Crippen LogP contribution in [0.5, 0.6) is 11.5 Å². The fourth-order valence-corrected chi connectivity index (χ4v) is 1.21. The number of hydrogen-bond donors (Lipinski definition) is 0. The molecule has 0 saturated heterocycles. The third-order valence-electron chi connectivity index (χ3n) is 1.95. The Labute approximate surface area is 101 Å². The largest absolute Gasteiger partial charge is 0.497 e. The number of carbonyl (C=O) groups is 1. The summed E-state index contributed by atoms with van der Waals surface area (Å²) in [5, 5.41) is 0. The standard InChI is InChI=1S/C13H16O4/c1-4-16-13(14)9-10(2)17-12-7-5-11(15-3)6-8-12/h5-9H,4H2,1-3H3/b10-9-. The van der Waals surface area contributed by atoms with Gasteiger partial charge in [-0.3, -0.25) is 0 Å². The molecule has 17 heavy (non-hydrogen) atoms. The average Bonchev–Trinajstić information content (AvgIpc) is 2.30. The van der Waals surface area contributed by atoms with Crippen molar-refractivity contribution in [1.82, 2.24) is 0 Å². The van der Waals surface area contributed by atoms with E-state index in [1.807, 2.05) is 0 Å². The predicted molar refractivity (Wildman–Crippen MR) is 64.0 cm³/mol. The van der Waals surface area contributed by atoms with E-state index >= 15 is 0 Å². The smallest absolute Gasteiger partial charge is 0.334 e. The lowest BCUT2D eigenvalue weighted by molar-refractivity contribution is -0.137. The highest BCUT2D eigenvalue weighted by atomic mass is 16.5. The Balaban J connectivity index is 2.60. The Bertz CT molecular complexity index is 392. The molecule has 0 N–H and O–H groups in total. The zero-order chi connectivity index (χ0) is 12.7. The fraction of sp³-hybridized carbons (Fsp3) is 0.308. The minimum absolute atomic E-state index is 0.352. The van der Waals surface area contributed by atoms with Gasteiger partial charge in [-0.15, -0.1) is 0 Å². The quantitative estimate of drug-likeness (QED) is 0.447. The second-order valence-electron chi connectivity index (χ2n) is 3.28. The summed E-state index contributed by atoms with van der Waals surface area (Å²) < 4.78 is 15.2. The van der Waals surface area contributed by atoms with Crippen LogP contribution in [0.3, 0.4) is 0 Å². The monoisotopic (exact) mass is 236 g/mol. The average molecular weight is 236 g/mol. The van der Waals surface area contributed by atoms with Crippen LogP contribution < -0.4 is 9.47 Å². The molecule has 0 bridgehead atoms. The summed E-state index contributed by atoms with van der Waals surface area (Å²) in [4.78, 5) is 11.1. The number of carbonyl (C=O) groups excluding carboxylic acids is 1. The summed E-state index contributed by atoms with van der Waals surface area (Å²) in [5.41, 5.74) is 0. The molecule has 0 radical (unpaired) electrons. The Kier molecular flexibility index (Phi) is 5.07. The Morgan fingerprint density at radius 2 is 1.82 bits per heavy atom. The normalized spacial score (nSPS) is 10.9. The van der Waals surface area contributed by atoms with Crippen molar-refractivity contribution in [3.8, 4) is 11.5 Å². The van der Waals surface area contributed by atoms with Crippen molar-refractivity contribution >= 4 is 5.97 Å². The zero-order valence-corrected chi connectivity index (χ0v) is 10.2. The number of rotatable bonds is 5. The SMILES string of the molecule is CCOC(=O)/C=C(/C)Oc1ccc(OC)cc1. The first-order chi connectivity index (χ1) is 8.15. The molecule has 92 valence electrons. The topological polar surface area (TPSA) is 44.8 Å². The number of ether oxygens (including phenoxy) is 3. The van der Waals surface area contributed by atoms with Crippen LogP contribution in [-0.4, -0.2) is 19.7 Å². The van der Waals surface area contributed by atoms with Crippen molar-refractivity contribution in [2.45, 2.75) is 13.8 Å². The third-order valence-corrected chi connectivity index (χ3v) is 1.95. The van der Waals surface area contributed by atoms with E-state index < -0.39 is 5.97 Å². The number of methoxy groups -OCH3 is 1. The van der Waals surface area contributed by atoms with Crippen LogP contribution in [0, 0.1) is 0 Å². The van der Waals surface area contributed by atoms with Gasteiger partial charge in [0.25, 0.3) is 0 Å². The lowest BCUT2D eigenvalue weighted by atomic mass is 10.3. The maximum absolute atomic E-state index is 11.1. The van der Waals surface area contributed by atoms with Gasteiger partial charge in [-0.1, -0.05) is 0 Å². The second kappa shape index (κ2) is 6.58. The van der Waals surface area contributed by atoms with E-state index in [0.29, 0.717) is 18.1 Å². The molecule has 0 unspecified atom stereocenters. The summed E-state index contributed by atoms with van der Waals surface area (Å²) in [5.74, 6) is 1.47. The van der Waals surface area contributed by atoms with Crippen molar-refractivity contribution in [1.29, 1.82) is 0 Å². The van der Waals surface area contributed by atoms with Gasteiger partial charge in [-0.25, -0.2) is 4.79 Å². The summed E-state index contributed by atoms with van der Waals surface area (Å²) in [6.07, 6.45) is 1.31. The molecule has 0 fully saturated rings. The molecule has 4 heteroatoms. The van der Waals surface area contributed by atoms with Crippen LogP contribution in [-0.2, 0) is 9.53 Å². The molecular formula is C13H16O4. The molecule has 0 aliphatic carbocycles. The van der Waals surface area contributed by atoms with Crippen molar-refractivity contribution in [3.63, 3.8) is 0 Å². The molecule has 0 aliphatic rings. The fourth-order valence-electron chi connectivity index (χ4n) is 1.21. The molecule has 1 rings (SSSR count). The Morgan fingerprint density at radius 1 is 1.24 bits per heavy atom. The Hall–Kier alpha value is -1.97. The van der Waals surface area contributed by atoms with E-state index in [4.69, 9.17) is 14.2 Å². The zero-order valence-electron chi connectivity index (χ0n) is 10.2. The maximum atomic E-state index is 11.1. The van der Waals surface area contributed by atoms with Crippen molar-refractivity contribution in [3.05, 3.63) is 36.1 Å². The maximum Gasteiger partial charge on any atom is 0.334 e. The molecule has 0 saturated carbocycles. The highest BCUT2D eigenvalue weighted by Crippen LogP contribution is 2.18. The minimum Gasteiger partial charge on any atom is -0.497 e. The van der Waals surface area contributed by atoms with Crippen LogP contribution in [0.2, 0.25) is 0 Å². The molecule has 0 amide bonds. The van der Waals surface area contributed by atoms with E-state index in [2.05, 4.69) is 0 Å². The van der Waals surface area contributed by atoms with E-state index in [0.717, 1.165) is 5.75 Å². The molecule has 4 nitrogen and oxygen atoms in total. The van der Waals surface area contributed by atoms with Gasteiger partial charge in [0, 0.05) is 0 Å². The van der Waals surface area contributed by atoms with Crippen LogP contribution in [0.1, 0.15) is 13.8 Å². The summed E-state index contributed by atoms with van der Waals surface area (Å²) in [6, 6.07) is 7.10. The molecule has 0 aromatic heterocycles. The van der Waals surface area contributed by atoms with Crippen LogP contribution >= 0.6 is 0 Å². The van der Waals surface area contributed by atoms with E-state index in [1.54, 1.807) is 45.2 Å². The Morgan fingerprint density at radius 3 is 2.35 bits per heavy atom. The summed E-state index contributed by atoms with van der Waals surface area (Å²) >= 11 is 0. The predicted octanol–water partition coefficient (Wildman–Crippen LogP) is 2.54. The summed E-state index contributed by atoms with van der Waals surface area (Å²) in [7, 11) is 1.60. The molecule has 1 aromatic rings. The molecular weight excluding hydrogens is 220 g/mol. The number of esters is 1. The lowest BCUT2D eigenvalue weighted by Crippen LogP contribution is -2.02. The van der Waals surface area contributed by atoms with Crippen LogP contribution in [0.4, 0.5) is 0 Å². The van der Waals surface area contributed by atoms with Crippen LogP contribution in [0.25, 0.3) is 0 Å². The van der Waals surface area contributed by atoms with Gasteiger partial charge in [0.2, 0.25) is 0 Å². The van der Waals surface area contributed by atoms with Gasteiger partial charge in [-0.2, -0.15) is 0 Å². The van der Waals surface area contributed by atoms with Gasteiger partial charge in [0.1, 0.15) is 17.3 Å². The highest BCUT2D eigenvalue weighted by Gasteiger charge is 2.01. The molecule has 1 aromatic carbocycles. The van der Waals surface area contributed by atoms with Gasteiger partial charge in [0.15, 0.2) is 0 Å². The minimum atomic E-state index is -0.404. The van der Waals surface area contributed by atoms with Gasteiger partial charge in [0.05, 0.1) is 19.8 Å². The summed E-state index contributed by atoms with van der Waals surface area (Å²) in [6.45, 7) is 3.80. The first kappa shape index (κ1) is 13.1. The molecule has 0 spiro atoms. The number of hydrogen-bond acceptors (Lipinski definition) is 4. The number of benzene rings is 1. The highest BCUT2D eigenvalue weighted by molar-refractivity contribution is 5.82. The van der Waals surface area contributed by atoms with Crippen molar-refractivity contribution in [2.75, 3.05) is 13.7 Å². The molecule has 0 aliphatic heterocycles. The number of allylic oxidation sites excluding steroid dienone is 1. The van der Waals surface area contributed by atoms with E-state index in [1.165, 1.54) is 6.08 Å². The molecule has 0 heterocycles. The van der Waals surface area contributed by atoms with Crippen LogP contribution in [0.15, 0.2) is 36.1 Å². The van der Waals surface area contributed by atoms with Gasteiger partial charge < -0.3 is 14.2 Å². The van der Waals surface area contributed by atoms with E-state index in [-0.39, 0.29) is 0 Å². The first-order valence-electron chi connectivity index (χ1n) is 5.32. The lowest BCUT2D eigenvalue weighted by Gasteiger charge is -2.06. The first-order valence-corrected chi connectivity index (χ1v) is 5.32. The van der Waals surface area contributed by atoms with Crippen molar-refractivity contribution in [2.24, 2.45) is 0 Å².